The molecule has 0 heterocycles. The topological polar surface area (TPSA) is 0 Å². The second-order valence-corrected chi connectivity index (χ2v) is 16.9. The van der Waals surface area contributed by atoms with Crippen LogP contribution in [0.1, 0.15) is 136 Å². The molecule has 0 radical (unpaired) electrons. The van der Waals surface area contributed by atoms with Crippen LogP contribution in [0.2, 0.25) is 0 Å². The molecule has 158 valence electrons. The normalized spacial score (nSPS) is 12.0. The van der Waals surface area contributed by atoms with Crippen molar-refractivity contribution in [3.63, 3.8) is 0 Å². The molecule has 0 aliphatic rings. The fourth-order valence-electron chi connectivity index (χ4n) is 3.88. The van der Waals surface area contributed by atoms with Crippen LogP contribution in [0.25, 0.3) is 0 Å². The van der Waals surface area contributed by atoms with Crippen molar-refractivity contribution < 1.29 is 0 Å². The van der Waals surface area contributed by atoms with Gasteiger partial charge in [-0.2, -0.15) is 0 Å². The van der Waals surface area contributed by atoms with Gasteiger partial charge >= 0.3 is 175 Å². The van der Waals surface area contributed by atoms with Crippen molar-refractivity contribution in [2.45, 2.75) is 136 Å². The minimum atomic E-state index is -0.761. The third-order valence-electron chi connectivity index (χ3n) is 5.76. The van der Waals surface area contributed by atoms with Crippen LogP contribution in [0.3, 0.4) is 0 Å². The van der Waals surface area contributed by atoms with Crippen molar-refractivity contribution in [2.24, 2.45) is 0 Å². The van der Waals surface area contributed by atoms with Crippen molar-refractivity contribution in [1.82, 2.24) is 0 Å². The molecule has 0 aliphatic heterocycles. The quantitative estimate of drug-likeness (QED) is 0.0931. The van der Waals surface area contributed by atoms with Crippen molar-refractivity contribution in [3.8, 4) is 0 Å². The van der Waals surface area contributed by atoms with Crippen LogP contribution in [0.4, 0.5) is 0 Å². The SMILES string of the molecule is CCCCCCCCP(=[Se])(CCCCCCCC)CCCCCCCC. The van der Waals surface area contributed by atoms with Gasteiger partial charge in [0.25, 0.3) is 0 Å². The summed E-state index contributed by atoms with van der Waals surface area (Å²) in [6.07, 6.45) is 30.8. The fraction of sp³-hybridized carbons (Fsp3) is 1.00. The Morgan fingerprint density at radius 1 is 0.385 bits per heavy atom. The molecule has 0 atom stereocenters. The Balaban J connectivity index is 4.04. The van der Waals surface area contributed by atoms with Gasteiger partial charge in [-0.25, -0.2) is 0 Å². The summed E-state index contributed by atoms with van der Waals surface area (Å²) in [5, 5.41) is 0. The van der Waals surface area contributed by atoms with Gasteiger partial charge in [-0.05, 0) is 0 Å². The predicted octanol–water partition coefficient (Wildman–Crippen LogP) is 9.17. The van der Waals surface area contributed by atoms with Gasteiger partial charge in [0, 0.05) is 0 Å². The van der Waals surface area contributed by atoms with Crippen LogP contribution >= 0.6 is 5.51 Å². The number of hydrogen-bond donors (Lipinski definition) is 0. The standard InChI is InChI=1S/C24H51PSe/c1-4-7-10-13-16-19-22-25(26,23-20-17-14-11-8-5-2)24-21-18-15-12-9-6-3/h4-24H2,1-3H3. The maximum absolute atomic E-state index is 3.81. The van der Waals surface area contributed by atoms with Crippen LogP contribution in [0, 0.1) is 0 Å². The Hall–Kier alpha value is 0.949. The van der Waals surface area contributed by atoms with Crippen LogP contribution in [-0.4, -0.2) is 33.6 Å². The first-order valence-corrected chi connectivity index (χ1v) is 16.8. The van der Waals surface area contributed by atoms with E-state index < -0.39 is 5.51 Å². The van der Waals surface area contributed by atoms with Gasteiger partial charge in [-0.15, -0.1) is 0 Å². The molecular formula is C24H51PSe. The van der Waals surface area contributed by atoms with E-state index in [4.69, 9.17) is 0 Å². The number of hydrogen-bond acceptors (Lipinski definition) is 0. The third kappa shape index (κ3) is 18.3. The molecule has 26 heavy (non-hydrogen) atoms. The summed E-state index contributed by atoms with van der Waals surface area (Å²) in [6, 6.07) is 0. The summed E-state index contributed by atoms with van der Waals surface area (Å²) in [7, 11) is 0. The molecule has 0 saturated heterocycles. The summed E-state index contributed by atoms with van der Waals surface area (Å²) in [5.74, 6) is 0. The molecule has 0 amide bonds. The van der Waals surface area contributed by atoms with Gasteiger partial charge in [-0.3, -0.25) is 0 Å². The van der Waals surface area contributed by atoms with E-state index in [2.05, 4.69) is 35.9 Å². The molecule has 0 spiro atoms. The van der Waals surface area contributed by atoms with E-state index in [1.807, 2.05) is 0 Å². The monoisotopic (exact) mass is 450 g/mol. The number of unbranched alkanes of at least 4 members (excludes halogenated alkanes) is 15. The molecule has 2 heteroatoms. The van der Waals surface area contributed by atoms with Crippen LogP contribution in [0.15, 0.2) is 0 Å². The zero-order valence-corrected chi connectivity index (χ0v) is 21.3. The van der Waals surface area contributed by atoms with Gasteiger partial charge in [0.15, 0.2) is 0 Å². The molecule has 0 aromatic rings. The first-order chi connectivity index (χ1) is 12.7. The van der Waals surface area contributed by atoms with E-state index in [1.165, 1.54) is 116 Å². The van der Waals surface area contributed by atoms with Gasteiger partial charge < -0.3 is 0 Å². The predicted molar refractivity (Wildman–Crippen MR) is 127 cm³/mol. The molecule has 0 bridgehead atoms. The Kier molecular flexibility index (Phi) is 21.4. The van der Waals surface area contributed by atoms with Crippen molar-refractivity contribution in [1.29, 1.82) is 0 Å². The van der Waals surface area contributed by atoms with Crippen molar-refractivity contribution in [3.05, 3.63) is 0 Å². The average Bonchev–Trinajstić information content (AvgIpc) is 2.64. The molecule has 0 unspecified atom stereocenters. The first kappa shape index (κ1) is 26.9. The Bertz CT molecular complexity index is 266. The summed E-state index contributed by atoms with van der Waals surface area (Å²) in [5.41, 5.74) is -0.761. The zero-order chi connectivity index (χ0) is 19.3. The fourth-order valence-corrected chi connectivity index (χ4v) is 9.38. The van der Waals surface area contributed by atoms with E-state index in [0.717, 1.165) is 0 Å². The summed E-state index contributed by atoms with van der Waals surface area (Å²) in [6.45, 7) is 6.95. The third-order valence-corrected chi connectivity index (χ3v) is 12.6. The molecule has 0 rings (SSSR count). The van der Waals surface area contributed by atoms with Crippen LogP contribution < -0.4 is 0 Å². The van der Waals surface area contributed by atoms with Gasteiger partial charge in [0.05, 0.1) is 0 Å². The van der Waals surface area contributed by atoms with Gasteiger partial charge in [-0.1, -0.05) is 0 Å². The summed E-state index contributed by atoms with van der Waals surface area (Å²) < 4.78 is 0. The Morgan fingerprint density at radius 2 is 0.615 bits per heavy atom. The van der Waals surface area contributed by atoms with Gasteiger partial charge in [0.1, 0.15) is 0 Å². The molecule has 0 aromatic heterocycles. The first-order valence-electron chi connectivity index (χ1n) is 12.3. The molecule has 0 aliphatic carbocycles. The van der Waals surface area contributed by atoms with Crippen molar-refractivity contribution in [2.75, 3.05) is 18.5 Å². The van der Waals surface area contributed by atoms with E-state index >= 15 is 0 Å². The van der Waals surface area contributed by atoms with Gasteiger partial charge in [0.2, 0.25) is 0 Å². The summed E-state index contributed by atoms with van der Waals surface area (Å²) in [4.78, 5) is 0. The van der Waals surface area contributed by atoms with E-state index in [1.54, 1.807) is 18.5 Å². The Labute approximate surface area is 175 Å². The maximum atomic E-state index is 3.81. The van der Waals surface area contributed by atoms with E-state index in [-0.39, 0.29) is 0 Å². The number of rotatable bonds is 21. The van der Waals surface area contributed by atoms with E-state index in [0.29, 0.717) is 0 Å². The molecule has 0 saturated carbocycles. The molecule has 0 fully saturated rings. The molecular weight excluding hydrogens is 398 g/mol. The Morgan fingerprint density at radius 3 is 0.885 bits per heavy atom. The van der Waals surface area contributed by atoms with E-state index in [9.17, 15) is 0 Å². The van der Waals surface area contributed by atoms with Crippen molar-refractivity contribution >= 4 is 20.6 Å². The molecule has 0 aromatic carbocycles. The molecule has 0 N–H and O–H groups in total. The molecule has 0 nitrogen and oxygen atoms in total. The average molecular weight is 450 g/mol. The van der Waals surface area contributed by atoms with Crippen LogP contribution in [-0.2, 0) is 0 Å². The second kappa shape index (κ2) is 20.7. The van der Waals surface area contributed by atoms with Crippen LogP contribution in [0.5, 0.6) is 0 Å². The minimum absolute atomic E-state index is 0.761. The summed E-state index contributed by atoms with van der Waals surface area (Å²) >= 11 is 3.81. The second-order valence-electron chi connectivity index (χ2n) is 8.53. The zero-order valence-electron chi connectivity index (χ0n) is 18.7.